The Morgan fingerprint density at radius 1 is 1.33 bits per heavy atom. The number of rotatable bonds is 4. The number of thiocarbonyl (C=S) groups is 1. The molecular formula is C12H11NO3S2. The molecule has 1 aliphatic rings. The van der Waals surface area contributed by atoms with Gasteiger partial charge in [-0.05, 0) is 5.56 Å². The maximum absolute atomic E-state index is 11.2. The number of hydrogen-bond donors (Lipinski definition) is 1. The van der Waals surface area contributed by atoms with Gasteiger partial charge in [-0.1, -0.05) is 42.5 Å². The third-order valence-electron chi connectivity index (χ3n) is 2.38. The average molecular weight is 281 g/mol. The van der Waals surface area contributed by atoms with E-state index in [2.05, 4.69) is 10.1 Å². The van der Waals surface area contributed by atoms with Gasteiger partial charge in [0.15, 0.2) is 0 Å². The summed E-state index contributed by atoms with van der Waals surface area (Å²) in [4.78, 5) is 22.0. The summed E-state index contributed by atoms with van der Waals surface area (Å²) in [5.41, 5.74) is 1.17. The Morgan fingerprint density at radius 3 is 2.67 bits per heavy atom. The van der Waals surface area contributed by atoms with Crippen molar-refractivity contribution in [1.82, 2.24) is 5.32 Å². The number of carbonyl (C=O) groups is 2. The highest BCUT2D eigenvalue weighted by Crippen LogP contribution is 2.18. The number of esters is 1. The molecule has 0 saturated carbocycles. The fraction of sp³-hybridized carbons (Fsp3) is 0.250. The van der Waals surface area contributed by atoms with E-state index in [9.17, 15) is 9.59 Å². The maximum Gasteiger partial charge on any atom is 0.415 e. The summed E-state index contributed by atoms with van der Waals surface area (Å²) in [6, 6.07) is 9.29. The molecule has 1 aliphatic heterocycles. The second-order valence-electron chi connectivity index (χ2n) is 3.76. The molecule has 1 unspecified atom stereocenters. The van der Waals surface area contributed by atoms with E-state index in [0.717, 1.165) is 5.75 Å². The molecule has 1 fully saturated rings. The van der Waals surface area contributed by atoms with Crippen LogP contribution in [0.25, 0.3) is 0 Å². The molecule has 0 aliphatic carbocycles. The molecule has 6 heteroatoms. The van der Waals surface area contributed by atoms with Crippen molar-refractivity contribution in [1.29, 1.82) is 0 Å². The number of cyclic esters (lactones) is 2. The smallest absolute Gasteiger partial charge is 0.375 e. The van der Waals surface area contributed by atoms with E-state index < -0.39 is 18.1 Å². The molecule has 94 valence electrons. The predicted molar refractivity (Wildman–Crippen MR) is 73.4 cm³/mol. The molecule has 1 N–H and O–H groups in total. The van der Waals surface area contributed by atoms with Crippen LogP contribution in [0, 0.1) is 0 Å². The maximum atomic E-state index is 11.2. The second kappa shape index (κ2) is 5.97. The van der Waals surface area contributed by atoms with Crippen LogP contribution in [0.2, 0.25) is 0 Å². The first kappa shape index (κ1) is 13.0. The van der Waals surface area contributed by atoms with Gasteiger partial charge in [0.1, 0.15) is 6.04 Å². The van der Waals surface area contributed by atoms with Gasteiger partial charge in [0.2, 0.25) is 0 Å². The molecule has 2 rings (SSSR count). The van der Waals surface area contributed by atoms with Gasteiger partial charge in [0.05, 0.1) is 4.20 Å². The second-order valence-corrected chi connectivity index (χ2v) is 5.58. The summed E-state index contributed by atoms with van der Waals surface area (Å²) >= 11 is 6.68. The van der Waals surface area contributed by atoms with Crippen molar-refractivity contribution in [3.63, 3.8) is 0 Å². The molecule has 0 bridgehead atoms. The van der Waals surface area contributed by atoms with E-state index in [-0.39, 0.29) is 0 Å². The minimum atomic E-state index is -0.694. The fourth-order valence-electron chi connectivity index (χ4n) is 1.49. The number of ether oxygens (including phenoxy) is 1. The highest BCUT2D eigenvalue weighted by atomic mass is 32.2. The fourth-order valence-corrected chi connectivity index (χ4v) is 2.64. The first-order valence-corrected chi connectivity index (χ1v) is 6.76. The summed E-state index contributed by atoms with van der Waals surface area (Å²) in [5.74, 6) is 0.206. The molecule has 1 atom stereocenters. The van der Waals surface area contributed by atoms with Crippen molar-refractivity contribution in [2.24, 2.45) is 0 Å². The van der Waals surface area contributed by atoms with Crippen molar-refractivity contribution in [3.05, 3.63) is 35.9 Å². The van der Waals surface area contributed by atoms with E-state index in [1.165, 1.54) is 17.3 Å². The average Bonchev–Trinajstić information content (AvgIpc) is 2.67. The molecule has 0 radical (unpaired) electrons. The zero-order chi connectivity index (χ0) is 13.0. The Kier molecular flexibility index (Phi) is 4.33. The van der Waals surface area contributed by atoms with Crippen LogP contribution in [-0.2, 0) is 15.3 Å². The van der Waals surface area contributed by atoms with Crippen LogP contribution in [0.5, 0.6) is 0 Å². The lowest BCUT2D eigenvalue weighted by atomic mass is 10.2. The first-order chi connectivity index (χ1) is 8.65. The standard InChI is InChI=1S/C12H11NO3S2/c14-11-9(13-12(15)16-11)6-10(17)18-7-8-4-2-1-3-5-8/h1-5,9H,6-7H2,(H,13,15). The molecule has 18 heavy (non-hydrogen) atoms. The highest BCUT2D eigenvalue weighted by Gasteiger charge is 2.32. The van der Waals surface area contributed by atoms with E-state index in [4.69, 9.17) is 12.2 Å². The van der Waals surface area contributed by atoms with Gasteiger partial charge >= 0.3 is 12.1 Å². The molecule has 1 amide bonds. The lowest BCUT2D eigenvalue weighted by Crippen LogP contribution is -2.30. The van der Waals surface area contributed by atoms with Gasteiger partial charge in [-0.25, -0.2) is 9.59 Å². The third-order valence-corrected chi connectivity index (χ3v) is 3.87. The third kappa shape index (κ3) is 3.54. The van der Waals surface area contributed by atoms with Gasteiger partial charge in [-0.2, -0.15) is 0 Å². The Hall–Kier alpha value is -1.40. The minimum Gasteiger partial charge on any atom is -0.375 e. The topological polar surface area (TPSA) is 55.4 Å². The molecule has 0 aromatic heterocycles. The Labute approximate surface area is 114 Å². The van der Waals surface area contributed by atoms with Crippen LogP contribution in [-0.4, -0.2) is 22.3 Å². The van der Waals surface area contributed by atoms with Gasteiger partial charge in [0.25, 0.3) is 0 Å². The number of alkyl carbamates (subject to hydrolysis) is 1. The van der Waals surface area contributed by atoms with Crippen LogP contribution < -0.4 is 5.32 Å². The van der Waals surface area contributed by atoms with Gasteiger partial charge < -0.3 is 10.1 Å². The molecule has 4 nitrogen and oxygen atoms in total. The highest BCUT2D eigenvalue weighted by molar-refractivity contribution is 8.22. The normalized spacial score (nSPS) is 18.3. The predicted octanol–water partition coefficient (Wildman–Crippen LogP) is 2.27. The van der Waals surface area contributed by atoms with Crippen molar-refractivity contribution in [2.45, 2.75) is 18.2 Å². The van der Waals surface area contributed by atoms with Gasteiger partial charge in [-0.3, -0.25) is 0 Å². The SMILES string of the molecule is O=C1NC(CC(=S)SCc2ccccc2)C(=O)O1. The first-order valence-electron chi connectivity index (χ1n) is 5.37. The number of amides is 1. The quantitative estimate of drug-likeness (QED) is 0.521. The zero-order valence-corrected chi connectivity index (χ0v) is 11.1. The van der Waals surface area contributed by atoms with Crippen LogP contribution >= 0.6 is 24.0 Å². The van der Waals surface area contributed by atoms with Crippen molar-refractivity contribution in [3.8, 4) is 0 Å². The van der Waals surface area contributed by atoms with E-state index in [0.29, 0.717) is 10.6 Å². The minimum absolute atomic E-state index is 0.331. The Morgan fingerprint density at radius 2 is 2.06 bits per heavy atom. The molecule has 1 saturated heterocycles. The van der Waals surface area contributed by atoms with Crippen molar-refractivity contribution < 1.29 is 14.3 Å². The molecular weight excluding hydrogens is 270 g/mol. The number of nitrogens with one attached hydrogen (secondary N) is 1. The summed E-state index contributed by atoms with van der Waals surface area (Å²) in [6.45, 7) is 0. The van der Waals surface area contributed by atoms with Gasteiger partial charge in [0, 0.05) is 12.2 Å². The number of benzene rings is 1. The van der Waals surface area contributed by atoms with Crippen LogP contribution in [0.15, 0.2) is 30.3 Å². The molecule has 1 aromatic rings. The van der Waals surface area contributed by atoms with E-state index >= 15 is 0 Å². The molecule has 1 aromatic carbocycles. The van der Waals surface area contributed by atoms with E-state index in [1.807, 2.05) is 30.3 Å². The molecule has 0 spiro atoms. The number of thioether (sulfide) groups is 1. The monoisotopic (exact) mass is 281 g/mol. The summed E-state index contributed by atoms with van der Waals surface area (Å²) in [6.07, 6.45) is -0.363. The lowest BCUT2D eigenvalue weighted by Gasteiger charge is -2.06. The van der Waals surface area contributed by atoms with Crippen molar-refractivity contribution >= 4 is 40.2 Å². The largest absolute Gasteiger partial charge is 0.415 e. The Bertz CT molecular complexity index is 475. The molecule has 1 heterocycles. The van der Waals surface area contributed by atoms with Gasteiger partial charge in [-0.15, -0.1) is 11.8 Å². The van der Waals surface area contributed by atoms with Crippen molar-refractivity contribution in [2.75, 3.05) is 0 Å². The summed E-state index contributed by atoms with van der Waals surface area (Å²) in [5, 5.41) is 2.42. The Balaban J connectivity index is 1.79. The summed E-state index contributed by atoms with van der Waals surface area (Å²) < 4.78 is 5.06. The zero-order valence-electron chi connectivity index (χ0n) is 9.42. The summed E-state index contributed by atoms with van der Waals surface area (Å²) in [7, 11) is 0. The van der Waals surface area contributed by atoms with Crippen LogP contribution in [0.1, 0.15) is 12.0 Å². The van der Waals surface area contributed by atoms with Crippen LogP contribution in [0.3, 0.4) is 0 Å². The number of carbonyl (C=O) groups excluding carboxylic acids is 2. The lowest BCUT2D eigenvalue weighted by molar-refractivity contribution is -0.135. The van der Waals surface area contributed by atoms with Crippen LogP contribution in [0.4, 0.5) is 4.79 Å². The number of hydrogen-bond acceptors (Lipinski definition) is 5. The van der Waals surface area contributed by atoms with E-state index in [1.54, 1.807) is 0 Å².